The Morgan fingerprint density at radius 1 is 1.24 bits per heavy atom. The number of hydrogen-bond donors (Lipinski definition) is 2. The highest BCUT2D eigenvalue weighted by molar-refractivity contribution is 7.92. The van der Waals surface area contributed by atoms with E-state index in [2.05, 4.69) is 10.0 Å². The fraction of sp³-hybridized carbons (Fsp3) is 0.214. The van der Waals surface area contributed by atoms with Crippen molar-refractivity contribution in [1.29, 1.82) is 0 Å². The lowest BCUT2D eigenvalue weighted by Gasteiger charge is -2.12. The van der Waals surface area contributed by atoms with Crippen LogP contribution in [0.2, 0.25) is 0 Å². The standard InChI is InChI=1S/C14H16N2O3S2/c1-10-5-6-12(16-21(2,18)19)13(8-10)15-14(17)9-11-4-3-7-20-11/h3-8,16H,9H2,1-2H3,(H,15,17). The van der Waals surface area contributed by atoms with E-state index < -0.39 is 10.0 Å². The van der Waals surface area contributed by atoms with E-state index in [4.69, 9.17) is 0 Å². The predicted octanol–water partition coefficient (Wildman–Crippen LogP) is 2.61. The Morgan fingerprint density at radius 3 is 2.62 bits per heavy atom. The lowest BCUT2D eigenvalue weighted by atomic mass is 10.2. The van der Waals surface area contributed by atoms with Gasteiger partial charge in [-0.2, -0.15) is 0 Å². The predicted molar refractivity (Wildman–Crippen MR) is 86.3 cm³/mol. The molecule has 0 aliphatic rings. The molecule has 112 valence electrons. The van der Waals surface area contributed by atoms with Crippen LogP contribution in [-0.4, -0.2) is 20.6 Å². The molecule has 0 radical (unpaired) electrons. The van der Waals surface area contributed by atoms with E-state index in [0.717, 1.165) is 16.7 Å². The first-order valence-electron chi connectivity index (χ1n) is 6.24. The number of sulfonamides is 1. The van der Waals surface area contributed by atoms with Crippen molar-refractivity contribution in [2.75, 3.05) is 16.3 Å². The maximum Gasteiger partial charge on any atom is 0.229 e. The van der Waals surface area contributed by atoms with Crippen LogP contribution in [0.3, 0.4) is 0 Å². The number of aryl methyl sites for hydroxylation is 1. The van der Waals surface area contributed by atoms with E-state index in [-0.39, 0.29) is 12.3 Å². The first-order valence-corrected chi connectivity index (χ1v) is 9.01. The topological polar surface area (TPSA) is 75.3 Å². The Balaban J connectivity index is 2.18. The molecule has 7 heteroatoms. The van der Waals surface area contributed by atoms with E-state index in [0.29, 0.717) is 11.4 Å². The van der Waals surface area contributed by atoms with Gasteiger partial charge in [-0.25, -0.2) is 8.42 Å². The molecule has 0 fully saturated rings. The van der Waals surface area contributed by atoms with Gasteiger partial charge < -0.3 is 5.32 Å². The SMILES string of the molecule is Cc1ccc(NS(C)(=O)=O)c(NC(=O)Cc2cccs2)c1. The zero-order chi connectivity index (χ0) is 15.5. The lowest BCUT2D eigenvalue weighted by molar-refractivity contribution is -0.115. The van der Waals surface area contributed by atoms with Crippen molar-refractivity contribution >= 4 is 38.6 Å². The molecule has 5 nitrogen and oxygen atoms in total. The second-order valence-corrected chi connectivity index (χ2v) is 7.51. The number of rotatable bonds is 5. The van der Waals surface area contributed by atoms with Crippen molar-refractivity contribution in [1.82, 2.24) is 0 Å². The molecule has 2 N–H and O–H groups in total. The number of anilines is 2. The van der Waals surface area contributed by atoms with E-state index in [9.17, 15) is 13.2 Å². The summed E-state index contributed by atoms with van der Waals surface area (Å²) in [4.78, 5) is 13.0. The van der Waals surface area contributed by atoms with Crippen LogP contribution in [0.1, 0.15) is 10.4 Å². The summed E-state index contributed by atoms with van der Waals surface area (Å²) in [5.74, 6) is -0.181. The molecule has 0 aliphatic heterocycles. The van der Waals surface area contributed by atoms with Crippen LogP contribution in [-0.2, 0) is 21.2 Å². The third-order valence-electron chi connectivity index (χ3n) is 2.66. The number of benzene rings is 1. The van der Waals surface area contributed by atoms with Gasteiger partial charge in [0.1, 0.15) is 0 Å². The molecule has 0 spiro atoms. The van der Waals surface area contributed by atoms with Gasteiger partial charge in [0.15, 0.2) is 0 Å². The van der Waals surface area contributed by atoms with Gasteiger partial charge in [0, 0.05) is 4.88 Å². The number of thiophene rings is 1. The molecule has 1 heterocycles. The normalized spacial score (nSPS) is 11.1. The average molecular weight is 324 g/mol. The van der Waals surface area contributed by atoms with Crippen molar-refractivity contribution in [3.8, 4) is 0 Å². The molecule has 1 aromatic carbocycles. The Bertz CT molecular complexity index is 738. The molecular formula is C14H16N2O3S2. The maximum atomic E-state index is 12.0. The smallest absolute Gasteiger partial charge is 0.229 e. The largest absolute Gasteiger partial charge is 0.324 e. The molecule has 0 unspecified atom stereocenters. The molecule has 2 aromatic rings. The van der Waals surface area contributed by atoms with Crippen molar-refractivity contribution in [2.45, 2.75) is 13.3 Å². The fourth-order valence-corrected chi connectivity index (χ4v) is 3.10. The molecule has 0 saturated carbocycles. The van der Waals surface area contributed by atoms with E-state index >= 15 is 0 Å². The summed E-state index contributed by atoms with van der Waals surface area (Å²) in [5, 5.41) is 4.66. The lowest BCUT2D eigenvalue weighted by Crippen LogP contribution is -2.17. The minimum Gasteiger partial charge on any atom is -0.324 e. The van der Waals surface area contributed by atoms with Gasteiger partial charge in [0.05, 0.1) is 24.1 Å². The summed E-state index contributed by atoms with van der Waals surface area (Å²) in [6.45, 7) is 1.87. The Kier molecular flexibility index (Phi) is 4.64. The summed E-state index contributed by atoms with van der Waals surface area (Å²) in [7, 11) is -3.40. The Labute approximate surface area is 128 Å². The van der Waals surface area contributed by atoms with Gasteiger partial charge in [-0.15, -0.1) is 11.3 Å². The first-order chi connectivity index (χ1) is 9.83. The monoisotopic (exact) mass is 324 g/mol. The van der Waals surface area contributed by atoms with Gasteiger partial charge in [-0.3, -0.25) is 9.52 Å². The van der Waals surface area contributed by atoms with Crippen LogP contribution < -0.4 is 10.0 Å². The van der Waals surface area contributed by atoms with Crippen LogP contribution in [0.15, 0.2) is 35.7 Å². The molecule has 0 aliphatic carbocycles. The van der Waals surface area contributed by atoms with Crippen LogP contribution in [0.25, 0.3) is 0 Å². The Hall–Kier alpha value is -1.86. The number of carbonyl (C=O) groups excluding carboxylic acids is 1. The molecular weight excluding hydrogens is 308 g/mol. The quantitative estimate of drug-likeness (QED) is 0.887. The second kappa shape index (κ2) is 6.28. The van der Waals surface area contributed by atoms with Crippen LogP contribution in [0, 0.1) is 6.92 Å². The summed E-state index contributed by atoms with van der Waals surface area (Å²) in [6.07, 6.45) is 1.34. The molecule has 0 bridgehead atoms. The third kappa shape index (κ3) is 4.87. The van der Waals surface area contributed by atoms with Gasteiger partial charge in [-0.1, -0.05) is 12.1 Å². The van der Waals surface area contributed by atoms with E-state index in [1.165, 1.54) is 11.3 Å². The van der Waals surface area contributed by atoms with Crippen molar-refractivity contribution in [3.63, 3.8) is 0 Å². The van der Waals surface area contributed by atoms with Crippen molar-refractivity contribution in [3.05, 3.63) is 46.2 Å². The van der Waals surface area contributed by atoms with Crippen LogP contribution in [0.5, 0.6) is 0 Å². The maximum absolute atomic E-state index is 12.0. The minimum atomic E-state index is -3.40. The highest BCUT2D eigenvalue weighted by Crippen LogP contribution is 2.24. The summed E-state index contributed by atoms with van der Waals surface area (Å²) >= 11 is 1.51. The molecule has 0 atom stereocenters. The minimum absolute atomic E-state index is 0.181. The van der Waals surface area contributed by atoms with Crippen LogP contribution in [0.4, 0.5) is 11.4 Å². The van der Waals surface area contributed by atoms with E-state index in [1.54, 1.807) is 18.2 Å². The van der Waals surface area contributed by atoms with E-state index in [1.807, 2.05) is 24.4 Å². The zero-order valence-electron chi connectivity index (χ0n) is 11.7. The third-order valence-corrected chi connectivity index (χ3v) is 4.13. The van der Waals surface area contributed by atoms with Crippen LogP contribution >= 0.6 is 11.3 Å². The highest BCUT2D eigenvalue weighted by atomic mass is 32.2. The second-order valence-electron chi connectivity index (χ2n) is 4.73. The summed E-state index contributed by atoms with van der Waals surface area (Å²) < 4.78 is 25.1. The van der Waals surface area contributed by atoms with Gasteiger partial charge >= 0.3 is 0 Å². The number of nitrogens with one attached hydrogen (secondary N) is 2. The molecule has 0 saturated heterocycles. The van der Waals surface area contributed by atoms with Gasteiger partial charge in [0.25, 0.3) is 0 Å². The van der Waals surface area contributed by atoms with Gasteiger partial charge in [-0.05, 0) is 36.1 Å². The highest BCUT2D eigenvalue weighted by Gasteiger charge is 2.11. The fourth-order valence-electron chi connectivity index (χ4n) is 1.82. The number of hydrogen-bond acceptors (Lipinski definition) is 4. The number of amides is 1. The van der Waals surface area contributed by atoms with Crippen molar-refractivity contribution < 1.29 is 13.2 Å². The number of carbonyl (C=O) groups is 1. The van der Waals surface area contributed by atoms with Gasteiger partial charge in [0.2, 0.25) is 15.9 Å². The Morgan fingerprint density at radius 2 is 2.00 bits per heavy atom. The summed E-state index contributed by atoms with van der Waals surface area (Å²) in [6, 6.07) is 8.92. The zero-order valence-corrected chi connectivity index (χ0v) is 13.3. The van der Waals surface area contributed by atoms with Crippen molar-refractivity contribution in [2.24, 2.45) is 0 Å². The average Bonchev–Trinajstić information content (AvgIpc) is 2.84. The molecule has 1 aromatic heterocycles. The molecule has 2 rings (SSSR count). The first kappa shape index (κ1) is 15.5. The summed E-state index contributed by atoms with van der Waals surface area (Å²) in [5.41, 5.74) is 1.75. The molecule has 21 heavy (non-hydrogen) atoms. The molecule has 1 amide bonds.